The van der Waals surface area contributed by atoms with Gasteiger partial charge in [0, 0.05) is 0 Å². The molecule has 0 saturated heterocycles. The minimum Gasteiger partial charge on any atom is -0.319 e. The fourth-order valence-electron chi connectivity index (χ4n) is 1.18. The van der Waals surface area contributed by atoms with E-state index in [0.717, 1.165) is 18.2 Å². The van der Waals surface area contributed by atoms with Crippen LogP contribution in [0.3, 0.4) is 0 Å². The molecule has 1 nitrogen and oxygen atoms in total. The molecule has 6 heteroatoms. The molecule has 1 unspecified atom stereocenters. The minimum absolute atomic E-state index is 0.583. The lowest BCUT2D eigenvalue weighted by molar-refractivity contribution is -0.138. The monoisotopic (exact) mass is 225 g/mol. The Balaban J connectivity index is 3.18. The average molecular weight is 225 g/mol. The van der Waals surface area contributed by atoms with E-state index >= 15 is 0 Å². The summed E-state index contributed by atoms with van der Waals surface area (Å²) in [5, 5.41) is 0. The van der Waals surface area contributed by atoms with Gasteiger partial charge >= 0.3 is 6.18 Å². The lowest BCUT2D eigenvalue weighted by Gasteiger charge is -2.17. The summed E-state index contributed by atoms with van der Waals surface area (Å²) >= 11 is 0. The quantitative estimate of drug-likeness (QED) is 0.769. The summed E-state index contributed by atoms with van der Waals surface area (Å²) in [5.41, 5.74) is 3.29. The molecule has 0 radical (unpaired) electrons. The first kappa shape index (κ1) is 11.9. The molecule has 0 amide bonds. The third-order valence-electron chi connectivity index (χ3n) is 1.90. The van der Waals surface area contributed by atoms with Crippen molar-refractivity contribution in [3.8, 4) is 0 Å². The van der Waals surface area contributed by atoms with Crippen molar-refractivity contribution in [2.75, 3.05) is 0 Å². The third-order valence-corrected chi connectivity index (χ3v) is 1.90. The van der Waals surface area contributed by atoms with Crippen molar-refractivity contribution in [3.63, 3.8) is 0 Å². The van der Waals surface area contributed by atoms with Crippen LogP contribution in [-0.4, -0.2) is 6.43 Å². The molecule has 2 N–H and O–H groups in total. The molecule has 0 saturated carbocycles. The van der Waals surface area contributed by atoms with Gasteiger partial charge in [0.2, 0.25) is 0 Å². The number of halogens is 5. The summed E-state index contributed by atoms with van der Waals surface area (Å²) < 4.78 is 61.5. The highest BCUT2D eigenvalue weighted by molar-refractivity contribution is 5.32. The summed E-state index contributed by atoms with van der Waals surface area (Å²) in [5.74, 6) is 0. The van der Waals surface area contributed by atoms with Crippen LogP contribution in [0.25, 0.3) is 0 Å². The molecule has 1 atom stereocenters. The van der Waals surface area contributed by atoms with Crippen LogP contribution in [0, 0.1) is 0 Å². The van der Waals surface area contributed by atoms with Crippen LogP contribution in [0.1, 0.15) is 17.2 Å². The summed E-state index contributed by atoms with van der Waals surface area (Å²) in [6.45, 7) is 0. The topological polar surface area (TPSA) is 26.0 Å². The van der Waals surface area contributed by atoms with Crippen molar-refractivity contribution in [2.24, 2.45) is 5.73 Å². The van der Waals surface area contributed by atoms with Gasteiger partial charge in [-0.25, -0.2) is 8.78 Å². The van der Waals surface area contributed by atoms with E-state index in [1.807, 2.05) is 0 Å². The number of nitrogens with two attached hydrogens (primary N) is 1. The molecule has 0 spiro atoms. The van der Waals surface area contributed by atoms with Crippen LogP contribution in [0.2, 0.25) is 0 Å². The highest BCUT2D eigenvalue weighted by Gasteiger charge is 2.35. The third kappa shape index (κ3) is 2.65. The van der Waals surface area contributed by atoms with Gasteiger partial charge in [0.25, 0.3) is 6.43 Å². The van der Waals surface area contributed by atoms with E-state index in [1.54, 1.807) is 0 Å². The zero-order valence-corrected chi connectivity index (χ0v) is 7.43. The molecule has 15 heavy (non-hydrogen) atoms. The maximum atomic E-state index is 12.4. The molecule has 1 aromatic rings. The summed E-state index contributed by atoms with van der Waals surface area (Å²) in [7, 11) is 0. The van der Waals surface area contributed by atoms with Crippen LogP contribution < -0.4 is 5.73 Å². The van der Waals surface area contributed by atoms with E-state index in [2.05, 4.69) is 0 Å². The van der Waals surface area contributed by atoms with Gasteiger partial charge < -0.3 is 5.73 Å². The first-order valence-electron chi connectivity index (χ1n) is 4.04. The Morgan fingerprint density at radius 2 is 1.60 bits per heavy atom. The largest absolute Gasteiger partial charge is 0.416 e. The van der Waals surface area contributed by atoms with E-state index in [4.69, 9.17) is 5.73 Å². The van der Waals surface area contributed by atoms with Crippen LogP contribution in [0.5, 0.6) is 0 Å². The second-order valence-electron chi connectivity index (χ2n) is 2.95. The summed E-state index contributed by atoms with van der Waals surface area (Å²) in [6, 6.07) is 2.15. The van der Waals surface area contributed by atoms with Crippen molar-refractivity contribution >= 4 is 0 Å². The second-order valence-corrected chi connectivity index (χ2v) is 2.95. The van der Waals surface area contributed by atoms with Crippen molar-refractivity contribution < 1.29 is 22.0 Å². The Kier molecular flexibility index (Phi) is 3.28. The molecular formula is C9H8F5N. The smallest absolute Gasteiger partial charge is 0.319 e. The lowest BCUT2D eigenvalue weighted by atomic mass is 10.0. The van der Waals surface area contributed by atoms with E-state index in [1.165, 1.54) is 6.07 Å². The zero-order chi connectivity index (χ0) is 11.6. The van der Waals surface area contributed by atoms with E-state index < -0.39 is 29.8 Å². The van der Waals surface area contributed by atoms with Gasteiger partial charge in [0.05, 0.1) is 11.6 Å². The molecule has 0 aliphatic heterocycles. The molecule has 0 heterocycles. The van der Waals surface area contributed by atoms with Crippen molar-refractivity contribution in [2.45, 2.75) is 18.6 Å². The van der Waals surface area contributed by atoms with E-state index in [9.17, 15) is 22.0 Å². The van der Waals surface area contributed by atoms with Crippen LogP contribution >= 0.6 is 0 Å². The predicted octanol–water partition coefficient (Wildman–Crippen LogP) is 2.97. The predicted molar refractivity (Wildman–Crippen MR) is 44.4 cm³/mol. The molecular weight excluding hydrogens is 217 g/mol. The van der Waals surface area contributed by atoms with E-state index in [0.29, 0.717) is 0 Å². The van der Waals surface area contributed by atoms with E-state index in [-0.39, 0.29) is 0 Å². The average Bonchev–Trinajstić information content (AvgIpc) is 2.15. The van der Waals surface area contributed by atoms with Crippen LogP contribution in [0.15, 0.2) is 24.3 Å². The molecule has 84 valence electrons. The minimum atomic E-state index is -4.66. The molecule has 0 aliphatic carbocycles. The Hall–Kier alpha value is -1.17. The molecule has 0 aliphatic rings. The second kappa shape index (κ2) is 4.14. The Labute approximate surface area is 82.7 Å². The van der Waals surface area contributed by atoms with Gasteiger partial charge in [-0.3, -0.25) is 0 Å². The Morgan fingerprint density at radius 1 is 1.07 bits per heavy atom. The van der Waals surface area contributed by atoms with Crippen molar-refractivity contribution in [1.82, 2.24) is 0 Å². The summed E-state index contributed by atoms with van der Waals surface area (Å²) in [4.78, 5) is 0. The SMILES string of the molecule is NC(c1ccccc1C(F)(F)F)C(F)F. The molecule has 1 aromatic carbocycles. The standard InChI is InChI=1S/C9H8F5N/c10-8(11)7(15)5-3-1-2-4-6(5)9(12,13)14/h1-4,7-8H,15H2. The number of hydrogen-bond acceptors (Lipinski definition) is 1. The lowest BCUT2D eigenvalue weighted by Crippen LogP contribution is -2.23. The van der Waals surface area contributed by atoms with Crippen LogP contribution in [-0.2, 0) is 6.18 Å². The van der Waals surface area contributed by atoms with Crippen molar-refractivity contribution in [1.29, 1.82) is 0 Å². The van der Waals surface area contributed by atoms with Gasteiger partial charge in [-0.05, 0) is 11.6 Å². The van der Waals surface area contributed by atoms with Gasteiger partial charge in [-0.2, -0.15) is 13.2 Å². The van der Waals surface area contributed by atoms with Crippen molar-refractivity contribution in [3.05, 3.63) is 35.4 Å². The first-order chi connectivity index (χ1) is 6.84. The van der Waals surface area contributed by atoms with Gasteiger partial charge in [0.1, 0.15) is 0 Å². The Bertz CT molecular complexity index is 334. The highest BCUT2D eigenvalue weighted by atomic mass is 19.4. The number of hydrogen-bond donors (Lipinski definition) is 1. The zero-order valence-electron chi connectivity index (χ0n) is 7.43. The van der Waals surface area contributed by atoms with Gasteiger partial charge in [-0.15, -0.1) is 0 Å². The first-order valence-corrected chi connectivity index (χ1v) is 4.04. The number of benzene rings is 1. The number of alkyl halides is 5. The molecule has 0 bridgehead atoms. The molecule has 0 aromatic heterocycles. The molecule has 0 fully saturated rings. The summed E-state index contributed by atoms with van der Waals surface area (Å²) in [6.07, 6.45) is -7.68. The fourth-order valence-corrected chi connectivity index (χ4v) is 1.18. The maximum Gasteiger partial charge on any atom is 0.416 e. The normalized spacial score (nSPS) is 14.3. The number of rotatable bonds is 2. The van der Waals surface area contributed by atoms with Gasteiger partial charge in [0.15, 0.2) is 0 Å². The highest BCUT2D eigenvalue weighted by Crippen LogP contribution is 2.35. The fraction of sp³-hybridized carbons (Fsp3) is 0.333. The molecule has 1 rings (SSSR count). The van der Waals surface area contributed by atoms with Gasteiger partial charge in [-0.1, -0.05) is 18.2 Å². The Morgan fingerprint density at radius 3 is 2.07 bits per heavy atom. The van der Waals surface area contributed by atoms with Crippen LogP contribution in [0.4, 0.5) is 22.0 Å². The maximum absolute atomic E-state index is 12.4.